The van der Waals surface area contributed by atoms with Crippen molar-refractivity contribution in [3.05, 3.63) is 79.4 Å². The smallest absolute Gasteiger partial charge is 1.00 e. The number of fused-ring (bicyclic) bond motifs is 6. The van der Waals surface area contributed by atoms with Gasteiger partial charge in [-0.05, 0) is 23.1 Å². The standard InChI is InChI=1S/C20H12N3.ClH.Mg/c1-2-5-18-16(4-1)17-7-3-6-15(14-8-10-21-11-9-14)19(17)23-13-12-22-20(18)23;;/h1-4,6-13H;1H;/q-1;;+2/p-1. The Morgan fingerprint density at radius 3 is 2.52 bits per heavy atom. The summed E-state index contributed by atoms with van der Waals surface area (Å²) in [7, 11) is 0. The Kier molecular flexibility index (Phi) is 4.95. The predicted molar refractivity (Wildman–Crippen MR) is 98.0 cm³/mol. The van der Waals surface area contributed by atoms with Crippen LogP contribution >= 0.6 is 0 Å². The summed E-state index contributed by atoms with van der Waals surface area (Å²) in [5.74, 6) is 0. The third kappa shape index (κ3) is 2.67. The van der Waals surface area contributed by atoms with Gasteiger partial charge in [-0.3, -0.25) is 9.97 Å². The molecule has 0 aliphatic carbocycles. The van der Waals surface area contributed by atoms with Crippen molar-refractivity contribution in [2.45, 2.75) is 0 Å². The molecule has 0 radical (unpaired) electrons. The van der Waals surface area contributed by atoms with Gasteiger partial charge < -0.3 is 16.8 Å². The van der Waals surface area contributed by atoms with Crippen molar-refractivity contribution in [3.63, 3.8) is 0 Å². The average Bonchev–Trinajstić information content (AvgIpc) is 3.12. The molecule has 25 heavy (non-hydrogen) atoms. The minimum absolute atomic E-state index is 0. The first-order valence-corrected chi connectivity index (χ1v) is 7.52. The van der Waals surface area contributed by atoms with Crippen molar-refractivity contribution in [3.8, 4) is 11.1 Å². The second-order valence-corrected chi connectivity index (χ2v) is 5.52. The molecule has 5 heteroatoms. The molecule has 0 saturated carbocycles. The molecular formula is C20H12ClMgN3. The zero-order chi connectivity index (χ0) is 15.2. The molecule has 3 aromatic heterocycles. The monoisotopic (exact) mass is 353 g/mol. The summed E-state index contributed by atoms with van der Waals surface area (Å²) in [4.78, 5) is 8.68. The van der Waals surface area contributed by atoms with Crippen LogP contribution in [0.25, 0.3) is 38.4 Å². The number of hydrogen-bond donors (Lipinski definition) is 0. The third-order valence-electron chi connectivity index (χ3n) is 4.28. The molecule has 0 spiro atoms. The van der Waals surface area contributed by atoms with Gasteiger partial charge >= 0.3 is 23.1 Å². The topological polar surface area (TPSA) is 30.2 Å². The molecule has 0 saturated heterocycles. The maximum Gasteiger partial charge on any atom is 2.00 e. The molecule has 3 heterocycles. The van der Waals surface area contributed by atoms with Gasteiger partial charge in [-0.25, -0.2) is 0 Å². The van der Waals surface area contributed by atoms with E-state index in [4.69, 9.17) is 0 Å². The molecule has 3 nitrogen and oxygen atoms in total. The van der Waals surface area contributed by atoms with Crippen molar-refractivity contribution < 1.29 is 12.4 Å². The Labute approximate surface area is 167 Å². The summed E-state index contributed by atoms with van der Waals surface area (Å²) in [5, 5.41) is 3.44. The predicted octanol–water partition coefficient (Wildman–Crippen LogP) is 1.13. The summed E-state index contributed by atoms with van der Waals surface area (Å²) in [6, 6.07) is 19.9. The Morgan fingerprint density at radius 2 is 1.68 bits per heavy atom. The molecular weight excluding hydrogens is 342 g/mol. The van der Waals surface area contributed by atoms with Crippen molar-refractivity contribution in [1.29, 1.82) is 0 Å². The van der Waals surface area contributed by atoms with Crippen LogP contribution in [0, 0.1) is 6.07 Å². The van der Waals surface area contributed by atoms with Crippen LogP contribution in [-0.2, 0) is 0 Å². The van der Waals surface area contributed by atoms with Gasteiger partial charge in [-0.15, -0.1) is 29.7 Å². The molecule has 2 aromatic carbocycles. The molecule has 0 aliphatic rings. The summed E-state index contributed by atoms with van der Waals surface area (Å²) in [5.41, 5.74) is 4.44. The van der Waals surface area contributed by atoms with E-state index < -0.39 is 0 Å². The van der Waals surface area contributed by atoms with Gasteiger partial charge in [0.25, 0.3) is 0 Å². The van der Waals surface area contributed by atoms with Crippen LogP contribution in [0.5, 0.6) is 0 Å². The van der Waals surface area contributed by atoms with Crippen molar-refractivity contribution in [1.82, 2.24) is 14.4 Å². The van der Waals surface area contributed by atoms with Gasteiger partial charge in [0, 0.05) is 35.9 Å². The Hall–Kier alpha value is -2.14. The van der Waals surface area contributed by atoms with Crippen LogP contribution in [-0.4, -0.2) is 37.4 Å². The minimum Gasteiger partial charge on any atom is -1.00 e. The van der Waals surface area contributed by atoms with Crippen LogP contribution in [0.2, 0.25) is 0 Å². The summed E-state index contributed by atoms with van der Waals surface area (Å²) < 4.78 is 2.16. The summed E-state index contributed by atoms with van der Waals surface area (Å²) in [6.45, 7) is 0. The summed E-state index contributed by atoms with van der Waals surface area (Å²) in [6.07, 6.45) is 7.52. The maximum atomic E-state index is 4.55. The van der Waals surface area contributed by atoms with Crippen molar-refractivity contribution in [2.75, 3.05) is 0 Å². The molecule has 0 atom stereocenters. The van der Waals surface area contributed by atoms with E-state index in [9.17, 15) is 0 Å². The average molecular weight is 354 g/mol. The normalized spacial score (nSPS) is 10.6. The zero-order valence-electron chi connectivity index (χ0n) is 13.4. The van der Waals surface area contributed by atoms with Gasteiger partial charge in [-0.1, -0.05) is 23.6 Å². The largest absolute Gasteiger partial charge is 2.00 e. The van der Waals surface area contributed by atoms with Gasteiger partial charge in [-0.2, -0.15) is 0 Å². The van der Waals surface area contributed by atoms with Crippen LogP contribution in [0.3, 0.4) is 0 Å². The molecule has 0 fully saturated rings. The Bertz CT molecular complexity index is 1170. The number of aromatic nitrogens is 3. The number of pyridine rings is 2. The number of nitrogens with zero attached hydrogens (tertiary/aromatic N) is 3. The number of imidazole rings is 1. The first-order chi connectivity index (χ1) is 11.4. The van der Waals surface area contributed by atoms with Gasteiger partial charge in [0.05, 0.1) is 5.65 Å². The SMILES string of the molecule is [Cl-].[Mg+2].[c-]1cccc2c1c1nccn1c1c(-c3ccncc3)cccc21. The van der Waals surface area contributed by atoms with E-state index in [0.29, 0.717) is 0 Å². The first kappa shape index (κ1) is 17.7. The van der Waals surface area contributed by atoms with Crippen LogP contribution < -0.4 is 12.4 Å². The molecule has 0 bridgehead atoms. The quantitative estimate of drug-likeness (QED) is 0.257. The molecule has 0 amide bonds. The molecule has 5 aromatic rings. The van der Waals surface area contributed by atoms with E-state index in [2.05, 4.69) is 44.7 Å². The van der Waals surface area contributed by atoms with E-state index in [0.717, 1.165) is 16.6 Å². The summed E-state index contributed by atoms with van der Waals surface area (Å²) >= 11 is 0. The van der Waals surface area contributed by atoms with Gasteiger partial charge in [0.1, 0.15) is 0 Å². The molecule has 0 unspecified atom stereocenters. The van der Waals surface area contributed by atoms with E-state index in [-0.39, 0.29) is 35.5 Å². The van der Waals surface area contributed by atoms with Crippen LogP contribution in [0.1, 0.15) is 0 Å². The van der Waals surface area contributed by atoms with Crippen molar-refractivity contribution >= 4 is 50.4 Å². The minimum atomic E-state index is 0. The van der Waals surface area contributed by atoms with Crippen LogP contribution in [0.4, 0.5) is 0 Å². The van der Waals surface area contributed by atoms with Gasteiger partial charge in [0.2, 0.25) is 0 Å². The number of hydrogen-bond acceptors (Lipinski definition) is 2. The second kappa shape index (κ2) is 7.00. The third-order valence-corrected chi connectivity index (χ3v) is 4.28. The van der Waals surface area contributed by atoms with E-state index in [1.54, 1.807) is 0 Å². The van der Waals surface area contributed by atoms with E-state index in [1.165, 1.54) is 21.9 Å². The molecule has 116 valence electrons. The molecule has 0 aliphatic heterocycles. The second-order valence-electron chi connectivity index (χ2n) is 5.52. The number of rotatable bonds is 1. The Morgan fingerprint density at radius 1 is 0.880 bits per heavy atom. The number of halogens is 1. The zero-order valence-corrected chi connectivity index (χ0v) is 15.5. The Balaban J connectivity index is 0.000000911. The molecule has 0 N–H and O–H groups in total. The first-order valence-electron chi connectivity index (χ1n) is 7.52. The fourth-order valence-corrected chi connectivity index (χ4v) is 3.30. The van der Waals surface area contributed by atoms with Crippen LogP contribution in [0.15, 0.2) is 73.3 Å². The molecule has 5 rings (SSSR count). The van der Waals surface area contributed by atoms with E-state index >= 15 is 0 Å². The fourth-order valence-electron chi connectivity index (χ4n) is 3.30. The number of benzene rings is 2. The number of para-hydroxylation sites is 1. The fraction of sp³-hybridized carbons (Fsp3) is 0. The van der Waals surface area contributed by atoms with E-state index in [1.807, 2.05) is 49.1 Å². The maximum absolute atomic E-state index is 4.55. The van der Waals surface area contributed by atoms with Crippen molar-refractivity contribution in [2.24, 2.45) is 0 Å². The van der Waals surface area contributed by atoms with Gasteiger partial charge in [0.15, 0.2) is 0 Å².